The van der Waals surface area contributed by atoms with Gasteiger partial charge in [-0.15, -0.1) is 0 Å². The fourth-order valence-electron chi connectivity index (χ4n) is 4.25. The van der Waals surface area contributed by atoms with Crippen molar-refractivity contribution >= 4 is 34.2 Å². The largest absolute Gasteiger partial charge is 0.497 e. The van der Waals surface area contributed by atoms with Crippen molar-refractivity contribution in [2.24, 2.45) is 7.05 Å². The molecule has 2 aromatic heterocycles. The van der Waals surface area contributed by atoms with Crippen molar-refractivity contribution in [3.63, 3.8) is 0 Å². The SMILES string of the molecule is COc1ccc(Cn2c(=O)n(C)c(=O)c3c(-c4cccc(Cl)c4Cl)nn(Cc4ccccc4)c32)cc1. The third-order valence-electron chi connectivity index (χ3n) is 6.10. The average molecular weight is 521 g/mol. The molecule has 36 heavy (non-hydrogen) atoms. The van der Waals surface area contributed by atoms with Crippen molar-refractivity contribution in [2.45, 2.75) is 13.1 Å². The van der Waals surface area contributed by atoms with Gasteiger partial charge in [0.25, 0.3) is 5.56 Å². The molecule has 0 bridgehead atoms. The third-order valence-corrected chi connectivity index (χ3v) is 6.92. The molecule has 9 heteroatoms. The van der Waals surface area contributed by atoms with Gasteiger partial charge in [-0.25, -0.2) is 9.48 Å². The minimum absolute atomic E-state index is 0.233. The van der Waals surface area contributed by atoms with E-state index in [0.29, 0.717) is 44.6 Å². The number of nitrogens with zero attached hydrogens (tertiary/aromatic N) is 4. The topological polar surface area (TPSA) is 71.1 Å². The van der Waals surface area contributed by atoms with Crippen LogP contribution in [0, 0.1) is 0 Å². The summed E-state index contributed by atoms with van der Waals surface area (Å²) in [7, 11) is 3.06. The van der Waals surface area contributed by atoms with Crippen LogP contribution in [0.5, 0.6) is 5.75 Å². The standard InChI is InChI=1S/C27H22Cl2N4O3/c1-31-26(34)22-24(20-9-6-10-21(28)23(20)29)30-33(16-17-7-4-3-5-8-17)25(22)32(27(31)35)15-18-11-13-19(36-2)14-12-18/h3-14H,15-16H2,1-2H3. The first-order valence-corrected chi connectivity index (χ1v) is 12.0. The lowest BCUT2D eigenvalue weighted by Gasteiger charge is -2.13. The maximum absolute atomic E-state index is 13.5. The van der Waals surface area contributed by atoms with Crippen LogP contribution in [0.3, 0.4) is 0 Å². The number of ether oxygens (including phenoxy) is 1. The Bertz CT molecular complexity index is 1690. The molecule has 0 saturated carbocycles. The zero-order valence-electron chi connectivity index (χ0n) is 19.6. The number of halogens is 2. The summed E-state index contributed by atoms with van der Waals surface area (Å²) in [6, 6.07) is 22.3. The van der Waals surface area contributed by atoms with Gasteiger partial charge in [0.15, 0.2) is 0 Å². The summed E-state index contributed by atoms with van der Waals surface area (Å²) in [4.78, 5) is 26.9. The quantitative estimate of drug-likeness (QED) is 0.316. The molecule has 3 aromatic carbocycles. The van der Waals surface area contributed by atoms with Crippen LogP contribution in [0.4, 0.5) is 0 Å². The number of hydrogen-bond acceptors (Lipinski definition) is 4. The summed E-state index contributed by atoms with van der Waals surface area (Å²) < 4.78 is 9.61. The Morgan fingerprint density at radius 1 is 0.861 bits per heavy atom. The number of hydrogen-bond donors (Lipinski definition) is 0. The fourth-order valence-corrected chi connectivity index (χ4v) is 4.64. The second-order valence-electron chi connectivity index (χ2n) is 8.37. The van der Waals surface area contributed by atoms with E-state index in [1.807, 2.05) is 54.6 Å². The van der Waals surface area contributed by atoms with Gasteiger partial charge in [0.2, 0.25) is 0 Å². The molecule has 0 aliphatic carbocycles. The molecule has 5 rings (SSSR count). The maximum Gasteiger partial charge on any atom is 0.332 e. The Kier molecular flexibility index (Phi) is 6.43. The van der Waals surface area contributed by atoms with Crippen molar-refractivity contribution in [3.8, 4) is 17.0 Å². The molecule has 0 N–H and O–H groups in total. The Morgan fingerprint density at radius 3 is 2.25 bits per heavy atom. The van der Waals surface area contributed by atoms with E-state index >= 15 is 0 Å². The van der Waals surface area contributed by atoms with E-state index in [1.165, 1.54) is 7.05 Å². The van der Waals surface area contributed by atoms with Crippen molar-refractivity contribution in [1.29, 1.82) is 0 Å². The van der Waals surface area contributed by atoms with Gasteiger partial charge in [-0.1, -0.05) is 77.8 Å². The van der Waals surface area contributed by atoms with Gasteiger partial charge in [0.1, 0.15) is 22.5 Å². The van der Waals surface area contributed by atoms with Crippen molar-refractivity contribution in [2.75, 3.05) is 7.11 Å². The number of methoxy groups -OCH3 is 1. The Morgan fingerprint density at radius 2 is 1.56 bits per heavy atom. The van der Waals surface area contributed by atoms with Gasteiger partial charge in [0, 0.05) is 12.6 Å². The van der Waals surface area contributed by atoms with E-state index in [-0.39, 0.29) is 6.54 Å². The first-order valence-electron chi connectivity index (χ1n) is 11.2. The van der Waals surface area contributed by atoms with Crippen LogP contribution in [0.15, 0.2) is 82.4 Å². The Hall–Kier alpha value is -3.81. The molecule has 0 radical (unpaired) electrons. The summed E-state index contributed by atoms with van der Waals surface area (Å²) in [5.74, 6) is 0.712. The van der Waals surface area contributed by atoms with Gasteiger partial charge in [0.05, 0.1) is 30.2 Å². The molecule has 0 unspecified atom stereocenters. The summed E-state index contributed by atoms with van der Waals surface area (Å²) in [5, 5.41) is 5.75. The number of benzene rings is 3. The van der Waals surface area contributed by atoms with Gasteiger partial charge in [-0.3, -0.25) is 13.9 Å². The highest BCUT2D eigenvalue weighted by Crippen LogP contribution is 2.35. The van der Waals surface area contributed by atoms with E-state index in [1.54, 1.807) is 34.6 Å². The van der Waals surface area contributed by atoms with Crippen LogP contribution < -0.4 is 16.0 Å². The van der Waals surface area contributed by atoms with Crippen molar-refractivity contribution in [1.82, 2.24) is 18.9 Å². The number of rotatable bonds is 6. The Balaban J connectivity index is 1.82. The van der Waals surface area contributed by atoms with Gasteiger partial charge in [-0.05, 0) is 29.3 Å². The smallest absolute Gasteiger partial charge is 0.332 e. The summed E-state index contributed by atoms with van der Waals surface area (Å²) in [5.41, 5.74) is 2.24. The second-order valence-corrected chi connectivity index (χ2v) is 9.16. The predicted octanol–water partition coefficient (Wildman–Crippen LogP) is 4.98. The van der Waals surface area contributed by atoms with E-state index in [0.717, 1.165) is 15.7 Å². The molecule has 2 heterocycles. The minimum Gasteiger partial charge on any atom is -0.497 e. The van der Waals surface area contributed by atoms with Gasteiger partial charge < -0.3 is 4.74 Å². The van der Waals surface area contributed by atoms with Crippen LogP contribution in [-0.2, 0) is 20.1 Å². The van der Waals surface area contributed by atoms with E-state index in [4.69, 9.17) is 33.0 Å². The van der Waals surface area contributed by atoms with Crippen LogP contribution in [0.2, 0.25) is 10.0 Å². The lowest BCUT2D eigenvalue weighted by molar-refractivity contribution is 0.414. The molecule has 0 fully saturated rings. The third kappa shape index (κ3) is 4.21. The molecule has 0 spiro atoms. The van der Waals surface area contributed by atoms with Gasteiger partial charge >= 0.3 is 5.69 Å². The second kappa shape index (κ2) is 9.68. The number of fused-ring (bicyclic) bond motifs is 1. The molecule has 0 aliphatic rings. The molecule has 7 nitrogen and oxygen atoms in total. The van der Waals surface area contributed by atoms with Crippen LogP contribution in [-0.4, -0.2) is 26.0 Å². The molecule has 0 amide bonds. The zero-order chi connectivity index (χ0) is 25.4. The van der Waals surface area contributed by atoms with Crippen LogP contribution >= 0.6 is 23.2 Å². The maximum atomic E-state index is 13.5. The number of aromatic nitrogens is 4. The molecule has 182 valence electrons. The highest BCUT2D eigenvalue weighted by Gasteiger charge is 2.24. The first-order chi connectivity index (χ1) is 17.4. The summed E-state index contributed by atoms with van der Waals surface area (Å²) >= 11 is 12.8. The van der Waals surface area contributed by atoms with E-state index < -0.39 is 11.2 Å². The predicted molar refractivity (Wildman–Crippen MR) is 142 cm³/mol. The molecule has 0 atom stereocenters. The molecule has 0 aliphatic heterocycles. The minimum atomic E-state index is -0.452. The molecule has 0 saturated heterocycles. The monoisotopic (exact) mass is 520 g/mol. The lowest BCUT2D eigenvalue weighted by atomic mass is 10.1. The van der Waals surface area contributed by atoms with Crippen LogP contribution in [0.1, 0.15) is 11.1 Å². The highest BCUT2D eigenvalue weighted by atomic mass is 35.5. The van der Waals surface area contributed by atoms with Gasteiger partial charge in [-0.2, -0.15) is 5.10 Å². The van der Waals surface area contributed by atoms with Crippen LogP contribution in [0.25, 0.3) is 22.3 Å². The zero-order valence-corrected chi connectivity index (χ0v) is 21.1. The first kappa shape index (κ1) is 23.9. The van der Waals surface area contributed by atoms with Crippen molar-refractivity contribution < 1.29 is 4.74 Å². The van der Waals surface area contributed by atoms with E-state index in [2.05, 4.69) is 0 Å². The lowest BCUT2D eigenvalue weighted by Crippen LogP contribution is -2.39. The molecule has 5 aromatic rings. The summed E-state index contributed by atoms with van der Waals surface area (Å²) in [6.07, 6.45) is 0. The normalized spacial score (nSPS) is 11.2. The van der Waals surface area contributed by atoms with E-state index in [9.17, 15) is 9.59 Å². The fraction of sp³-hybridized carbons (Fsp3) is 0.148. The molecular weight excluding hydrogens is 499 g/mol. The highest BCUT2D eigenvalue weighted by molar-refractivity contribution is 6.43. The summed E-state index contributed by atoms with van der Waals surface area (Å²) in [6.45, 7) is 0.585. The molecular formula is C27H22Cl2N4O3. The Labute approximate surface area is 216 Å². The van der Waals surface area contributed by atoms with Crippen molar-refractivity contribution in [3.05, 3.63) is 115 Å². The average Bonchev–Trinajstić information content (AvgIpc) is 3.26.